The van der Waals surface area contributed by atoms with Crippen LogP contribution in [-0.2, 0) is 0 Å². The Morgan fingerprint density at radius 2 is 1.73 bits per heavy atom. The molecule has 2 aromatic carbocycles. The van der Waals surface area contributed by atoms with E-state index in [1.165, 1.54) is 12.1 Å². The largest absolute Gasteiger partial charge is 0.206 e. The van der Waals surface area contributed by atoms with Crippen LogP contribution >= 0.6 is 0 Å². The first-order valence-electron chi connectivity index (χ1n) is 4.56. The van der Waals surface area contributed by atoms with E-state index >= 15 is 0 Å². The lowest BCUT2D eigenvalue weighted by Crippen LogP contribution is -1.85. The van der Waals surface area contributed by atoms with Gasteiger partial charge >= 0.3 is 0 Å². The maximum atomic E-state index is 13.5. The quantitative estimate of drug-likeness (QED) is 0.687. The van der Waals surface area contributed by atoms with Gasteiger partial charge in [0.1, 0.15) is 5.82 Å². The second-order valence-electron chi connectivity index (χ2n) is 3.17. The highest BCUT2D eigenvalue weighted by molar-refractivity contribution is 5.65. The summed E-state index contributed by atoms with van der Waals surface area (Å²) in [7, 11) is 0. The van der Waals surface area contributed by atoms with Crippen molar-refractivity contribution in [3.63, 3.8) is 0 Å². The van der Waals surface area contributed by atoms with E-state index in [1.807, 2.05) is 36.4 Å². The van der Waals surface area contributed by atoms with E-state index in [9.17, 15) is 4.39 Å². The van der Waals surface area contributed by atoms with Crippen LogP contribution in [-0.4, -0.2) is 0 Å². The molecule has 0 fully saturated rings. The topological polar surface area (TPSA) is 23.8 Å². The summed E-state index contributed by atoms with van der Waals surface area (Å²) in [6, 6.07) is 15.5. The Kier molecular flexibility index (Phi) is 2.47. The molecule has 0 aromatic heterocycles. The van der Waals surface area contributed by atoms with Crippen LogP contribution in [0.3, 0.4) is 0 Å². The molecule has 0 unspecified atom stereocenters. The molecule has 0 aliphatic heterocycles. The van der Waals surface area contributed by atoms with Crippen molar-refractivity contribution in [2.24, 2.45) is 0 Å². The van der Waals surface area contributed by atoms with E-state index in [-0.39, 0.29) is 5.82 Å². The van der Waals surface area contributed by atoms with Gasteiger partial charge in [0.15, 0.2) is 0 Å². The molecule has 0 bridgehead atoms. The molecule has 15 heavy (non-hydrogen) atoms. The molecule has 1 nitrogen and oxygen atoms in total. The minimum Gasteiger partial charge on any atom is -0.206 e. The van der Waals surface area contributed by atoms with Crippen molar-refractivity contribution in [1.82, 2.24) is 0 Å². The highest BCUT2D eigenvalue weighted by atomic mass is 19.1. The zero-order chi connectivity index (χ0) is 10.7. The summed E-state index contributed by atoms with van der Waals surface area (Å²) in [4.78, 5) is 0. The summed E-state index contributed by atoms with van der Waals surface area (Å²) < 4.78 is 13.5. The molecule has 0 N–H and O–H groups in total. The number of halogens is 1. The van der Waals surface area contributed by atoms with Gasteiger partial charge in [0.2, 0.25) is 0 Å². The third-order valence-corrected chi connectivity index (χ3v) is 2.18. The predicted octanol–water partition coefficient (Wildman–Crippen LogP) is 3.36. The molecule has 72 valence electrons. The van der Waals surface area contributed by atoms with E-state index in [0.29, 0.717) is 11.1 Å². The Morgan fingerprint density at radius 1 is 1.00 bits per heavy atom. The van der Waals surface area contributed by atoms with Gasteiger partial charge in [-0.2, -0.15) is 5.26 Å². The van der Waals surface area contributed by atoms with Gasteiger partial charge < -0.3 is 0 Å². The smallest absolute Gasteiger partial charge is 0.131 e. The van der Waals surface area contributed by atoms with Crippen LogP contribution in [0.1, 0.15) is 5.56 Å². The Balaban J connectivity index is 2.58. The van der Waals surface area contributed by atoms with Gasteiger partial charge in [-0.15, -0.1) is 0 Å². The summed E-state index contributed by atoms with van der Waals surface area (Å²) in [6.45, 7) is 0. The fraction of sp³-hybridized carbons (Fsp3) is 0. The van der Waals surface area contributed by atoms with Crippen molar-refractivity contribution in [1.29, 1.82) is 5.26 Å². The summed E-state index contributed by atoms with van der Waals surface area (Å²) in [6.07, 6.45) is 0. The van der Waals surface area contributed by atoms with Gasteiger partial charge in [-0.3, -0.25) is 0 Å². The van der Waals surface area contributed by atoms with Crippen molar-refractivity contribution in [2.75, 3.05) is 0 Å². The van der Waals surface area contributed by atoms with Crippen molar-refractivity contribution in [3.05, 3.63) is 59.9 Å². The minimum absolute atomic E-state index is 0.305. The first-order chi connectivity index (χ1) is 7.31. The normalized spacial score (nSPS) is 9.60. The maximum Gasteiger partial charge on any atom is 0.131 e. The molecule has 0 saturated heterocycles. The van der Waals surface area contributed by atoms with Gasteiger partial charge in [0.05, 0.1) is 11.6 Å². The van der Waals surface area contributed by atoms with Crippen LogP contribution in [0.5, 0.6) is 0 Å². The number of hydrogen-bond acceptors (Lipinski definition) is 1. The molecular weight excluding hydrogens is 189 g/mol. The Morgan fingerprint density at radius 3 is 2.40 bits per heavy atom. The maximum absolute atomic E-state index is 13.5. The zero-order valence-electron chi connectivity index (χ0n) is 7.94. The molecule has 2 rings (SSSR count). The van der Waals surface area contributed by atoms with Crippen LogP contribution in [0.4, 0.5) is 4.39 Å². The van der Waals surface area contributed by atoms with Crippen LogP contribution < -0.4 is 0 Å². The van der Waals surface area contributed by atoms with E-state index in [2.05, 4.69) is 0 Å². The Hall–Kier alpha value is -2.14. The van der Waals surface area contributed by atoms with E-state index in [0.717, 1.165) is 5.56 Å². The standard InChI is InChI=1S/C13H8FN/c14-13-7-6-10(9-15)8-12(13)11-4-2-1-3-5-11/h1-8H. The monoisotopic (exact) mass is 197 g/mol. The Bertz CT molecular complexity index is 512. The average molecular weight is 197 g/mol. The van der Waals surface area contributed by atoms with Gasteiger partial charge in [-0.05, 0) is 23.8 Å². The van der Waals surface area contributed by atoms with Gasteiger partial charge in [0, 0.05) is 5.56 Å². The number of hydrogen-bond donors (Lipinski definition) is 0. The van der Waals surface area contributed by atoms with E-state index in [4.69, 9.17) is 5.26 Å². The van der Waals surface area contributed by atoms with Crippen molar-refractivity contribution in [2.45, 2.75) is 0 Å². The minimum atomic E-state index is -0.305. The van der Waals surface area contributed by atoms with Gasteiger partial charge in [-0.1, -0.05) is 30.3 Å². The van der Waals surface area contributed by atoms with Crippen LogP contribution in [0.2, 0.25) is 0 Å². The SMILES string of the molecule is N#Cc1ccc(F)c(-c2ccccc2)c1. The molecule has 0 heterocycles. The molecule has 0 atom stereocenters. The van der Waals surface area contributed by atoms with Gasteiger partial charge in [-0.25, -0.2) is 4.39 Å². The van der Waals surface area contributed by atoms with Crippen LogP contribution in [0.25, 0.3) is 11.1 Å². The predicted molar refractivity (Wildman–Crippen MR) is 56.6 cm³/mol. The number of nitriles is 1. The highest BCUT2D eigenvalue weighted by Crippen LogP contribution is 2.23. The zero-order valence-corrected chi connectivity index (χ0v) is 7.94. The lowest BCUT2D eigenvalue weighted by atomic mass is 10.0. The number of benzene rings is 2. The van der Waals surface area contributed by atoms with Crippen molar-refractivity contribution in [3.8, 4) is 17.2 Å². The summed E-state index contributed by atoms with van der Waals surface area (Å²) in [5.41, 5.74) is 1.72. The van der Waals surface area contributed by atoms with E-state index in [1.54, 1.807) is 6.07 Å². The molecule has 0 aliphatic rings. The second kappa shape index (κ2) is 3.93. The lowest BCUT2D eigenvalue weighted by molar-refractivity contribution is 0.631. The fourth-order valence-corrected chi connectivity index (χ4v) is 1.43. The molecule has 0 aliphatic carbocycles. The van der Waals surface area contributed by atoms with Crippen molar-refractivity contribution >= 4 is 0 Å². The van der Waals surface area contributed by atoms with Crippen LogP contribution in [0, 0.1) is 17.1 Å². The molecule has 2 aromatic rings. The third-order valence-electron chi connectivity index (χ3n) is 2.18. The molecule has 0 saturated carbocycles. The third kappa shape index (κ3) is 1.87. The fourth-order valence-electron chi connectivity index (χ4n) is 1.43. The van der Waals surface area contributed by atoms with Crippen molar-refractivity contribution < 1.29 is 4.39 Å². The molecule has 2 heteroatoms. The number of rotatable bonds is 1. The van der Waals surface area contributed by atoms with Crippen LogP contribution in [0.15, 0.2) is 48.5 Å². The van der Waals surface area contributed by atoms with Gasteiger partial charge in [0.25, 0.3) is 0 Å². The molecule has 0 amide bonds. The first kappa shape index (κ1) is 9.42. The molecule has 0 spiro atoms. The molecular formula is C13H8FN. The first-order valence-corrected chi connectivity index (χ1v) is 4.56. The second-order valence-corrected chi connectivity index (χ2v) is 3.17. The van der Waals surface area contributed by atoms with E-state index < -0.39 is 0 Å². The summed E-state index contributed by atoms with van der Waals surface area (Å²) in [5, 5.41) is 8.73. The molecule has 0 radical (unpaired) electrons. The average Bonchev–Trinajstić information content (AvgIpc) is 2.31. The number of nitrogens with zero attached hydrogens (tertiary/aromatic N) is 1. The summed E-state index contributed by atoms with van der Waals surface area (Å²) >= 11 is 0. The Labute approximate surface area is 87.4 Å². The summed E-state index contributed by atoms with van der Waals surface area (Å²) in [5.74, 6) is -0.305. The highest BCUT2D eigenvalue weighted by Gasteiger charge is 2.05. The lowest BCUT2D eigenvalue weighted by Gasteiger charge is -2.03.